The third-order valence-corrected chi connectivity index (χ3v) is 3.02. The van der Waals surface area contributed by atoms with Crippen molar-refractivity contribution in [2.24, 2.45) is 5.92 Å². The van der Waals surface area contributed by atoms with Gasteiger partial charge in [0.2, 0.25) is 5.91 Å². The smallest absolute Gasteiger partial charge is 0.332 e. The van der Waals surface area contributed by atoms with E-state index in [1.807, 2.05) is 0 Å². The molecule has 0 aromatic heterocycles. The largest absolute Gasteiger partial charge is 0.463 e. The van der Waals surface area contributed by atoms with E-state index in [0.29, 0.717) is 31.0 Å². The number of hydrogen-bond donors (Lipinski definition) is 1. The van der Waals surface area contributed by atoms with Crippen LogP contribution in [0.3, 0.4) is 0 Å². The summed E-state index contributed by atoms with van der Waals surface area (Å²) in [4.78, 5) is 24.5. The minimum absolute atomic E-state index is 0.0529. The van der Waals surface area contributed by atoms with Crippen molar-refractivity contribution in [2.75, 3.05) is 18.9 Å². The zero-order chi connectivity index (χ0) is 12.1. The van der Waals surface area contributed by atoms with Crippen LogP contribution >= 0.6 is 12.6 Å². The summed E-state index contributed by atoms with van der Waals surface area (Å²) in [5.41, 5.74) is 0.646. The molecule has 1 aliphatic rings. The first-order valence-corrected chi connectivity index (χ1v) is 5.98. The maximum absolute atomic E-state index is 11.6. The van der Waals surface area contributed by atoms with Crippen molar-refractivity contribution in [2.45, 2.75) is 20.3 Å². The molecule has 5 heteroatoms. The van der Waals surface area contributed by atoms with Crippen molar-refractivity contribution < 1.29 is 14.3 Å². The minimum Gasteiger partial charge on any atom is -0.463 e. The molecule has 0 spiro atoms. The molecule has 4 nitrogen and oxygen atoms in total. The molecule has 1 aliphatic heterocycles. The second kappa shape index (κ2) is 5.94. The van der Waals surface area contributed by atoms with E-state index in [0.717, 1.165) is 0 Å². The maximum atomic E-state index is 11.6. The molecule has 1 heterocycles. The van der Waals surface area contributed by atoms with Crippen LogP contribution in [-0.4, -0.2) is 35.7 Å². The Balaban J connectivity index is 2.63. The molecular formula is C11H17NO3S. The van der Waals surface area contributed by atoms with Gasteiger partial charge in [-0.25, -0.2) is 4.79 Å². The molecule has 90 valence electrons. The zero-order valence-electron chi connectivity index (χ0n) is 9.60. The SMILES string of the molecule is CCOC(=O)C=C(C)N1CC(CS)CC1=O. The monoisotopic (exact) mass is 243 g/mol. The molecule has 0 N–H and O–H groups in total. The lowest BCUT2D eigenvalue weighted by Gasteiger charge is -2.16. The highest BCUT2D eigenvalue weighted by molar-refractivity contribution is 7.80. The van der Waals surface area contributed by atoms with Crippen molar-refractivity contribution in [3.05, 3.63) is 11.8 Å². The highest BCUT2D eigenvalue weighted by atomic mass is 32.1. The van der Waals surface area contributed by atoms with E-state index < -0.39 is 5.97 Å². The van der Waals surface area contributed by atoms with E-state index in [1.165, 1.54) is 6.08 Å². The Morgan fingerprint density at radius 3 is 2.88 bits per heavy atom. The van der Waals surface area contributed by atoms with Crippen molar-refractivity contribution in [3.8, 4) is 0 Å². The quantitative estimate of drug-likeness (QED) is 0.459. The van der Waals surface area contributed by atoms with E-state index in [-0.39, 0.29) is 11.8 Å². The molecule has 1 amide bonds. The number of likely N-dealkylation sites (tertiary alicyclic amines) is 1. The van der Waals surface area contributed by atoms with Crippen LogP contribution in [0.4, 0.5) is 0 Å². The standard InChI is InChI=1S/C11H17NO3S/c1-3-15-11(14)4-8(2)12-6-9(7-16)5-10(12)13/h4,9,16H,3,5-7H2,1-2H3. The lowest BCUT2D eigenvalue weighted by atomic mass is 10.1. The van der Waals surface area contributed by atoms with Crippen LogP contribution in [-0.2, 0) is 14.3 Å². The van der Waals surface area contributed by atoms with Gasteiger partial charge in [0.25, 0.3) is 0 Å². The Hall–Kier alpha value is -0.970. The van der Waals surface area contributed by atoms with Crippen LogP contribution in [0.2, 0.25) is 0 Å². The van der Waals surface area contributed by atoms with Gasteiger partial charge in [-0.1, -0.05) is 0 Å². The predicted octanol–water partition coefficient (Wildman–Crippen LogP) is 1.23. The number of rotatable bonds is 4. The summed E-state index contributed by atoms with van der Waals surface area (Å²) in [6.45, 7) is 4.48. The molecule has 1 saturated heterocycles. The number of allylic oxidation sites excluding steroid dienone is 1. The third kappa shape index (κ3) is 3.27. The number of esters is 1. The number of hydrogen-bond acceptors (Lipinski definition) is 4. The van der Waals surface area contributed by atoms with Crippen LogP contribution < -0.4 is 0 Å². The first-order chi connectivity index (χ1) is 7.58. The number of carbonyl (C=O) groups is 2. The number of nitrogens with zero attached hydrogens (tertiary/aromatic N) is 1. The van der Waals surface area contributed by atoms with Crippen molar-refractivity contribution in [1.29, 1.82) is 0 Å². The average molecular weight is 243 g/mol. The van der Waals surface area contributed by atoms with Crippen LogP contribution in [0, 0.1) is 5.92 Å². The molecule has 16 heavy (non-hydrogen) atoms. The molecule has 0 saturated carbocycles. The van der Waals surface area contributed by atoms with Gasteiger partial charge in [0.15, 0.2) is 0 Å². The highest BCUT2D eigenvalue weighted by Gasteiger charge is 2.29. The van der Waals surface area contributed by atoms with Crippen molar-refractivity contribution >= 4 is 24.5 Å². The minimum atomic E-state index is -0.401. The summed E-state index contributed by atoms with van der Waals surface area (Å²) in [5.74, 6) is 0.621. The van der Waals surface area contributed by atoms with E-state index >= 15 is 0 Å². The second-order valence-electron chi connectivity index (χ2n) is 3.79. The molecule has 0 radical (unpaired) electrons. The maximum Gasteiger partial charge on any atom is 0.332 e. The van der Waals surface area contributed by atoms with Gasteiger partial charge >= 0.3 is 5.97 Å². The summed E-state index contributed by atoms with van der Waals surface area (Å²) in [6, 6.07) is 0. The van der Waals surface area contributed by atoms with Gasteiger partial charge in [0, 0.05) is 24.7 Å². The lowest BCUT2D eigenvalue weighted by molar-refractivity contribution is -0.137. The third-order valence-electron chi connectivity index (χ3n) is 2.50. The van der Waals surface area contributed by atoms with Gasteiger partial charge in [-0.15, -0.1) is 0 Å². The Kier molecular flexibility index (Phi) is 4.86. The van der Waals surface area contributed by atoms with Gasteiger partial charge < -0.3 is 9.64 Å². The zero-order valence-corrected chi connectivity index (χ0v) is 10.5. The molecule has 1 atom stereocenters. The summed E-state index contributed by atoms with van der Waals surface area (Å²) in [5, 5.41) is 0. The molecule has 0 aliphatic carbocycles. The molecule has 1 unspecified atom stereocenters. The lowest BCUT2D eigenvalue weighted by Crippen LogP contribution is -2.24. The highest BCUT2D eigenvalue weighted by Crippen LogP contribution is 2.22. The number of ether oxygens (including phenoxy) is 1. The van der Waals surface area contributed by atoms with Gasteiger partial charge in [-0.2, -0.15) is 12.6 Å². The summed E-state index contributed by atoms with van der Waals surface area (Å²) in [7, 11) is 0. The number of carbonyl (C=O) groups excluding carboxylic acids is 2. The Bertz CT molecular complexity index is 314. The Morgan fingerprint density at radius 2 is 2.38 bits per heavy atom. The van der Waals surface area contributed by atoms with Crippen molar-refractivity contribution in [1.82, 2.24) is 4.90 Å². The average Bonchev–Trinajstić information content (AvgIpc) is 2.60. The Labute approximate surface area is 101 Å². The fourth-order valence-electron chi connectivity index (χ4n) is 1.68. The van der Waals surface area contributed by atoms with E-state index in [9.17, 15) is 9.59 Å². The molecule has 0 bridgehead atoms. The summed E-state index contributed by atoms with van der Waals surface area (Å²) in [6.07, 6.45) is 1.87. The first-order valence-electron chi connectivity index (χ1n) is 5.34. The van der Waals surface area contributed by atoms with Gasteiger partial charge in [0.1, 0.15) is 0 Å². The van der Waals surface area contributed by atoms with Gasteiger partial charge in [-0.3, -0.25) is 4.79 Å². The summed E-state index contributed by atoms with van der Waals surface area (Å²) < 4.78 is 4.79. The van der Waals surface area contributed by atoms with E-state index in [2.05, 4.69) is 12.6 Å². The van der Waals surface area contributed by atoms with Crippen LogP contribution in [0.1, 0.15) is 20.3 Å². The molecule has 0 aromatic rings. The van der Waals surface area contributed by atoms with Gasteiger partial charge in [0.05, 0.1) is 6.61 Å². The van der Waals surface area contributed by atoms with Crippen molar-refractivity contribution in [3.63, 3.8) is 0 Å². The number of thiol groups is 1. The molecule has 1 rings (SSSR count). The fourth-order valence-corrected chi connectivity index (χ4v) is 1.92. The van der Waals surface area contributed by atoms with E-state index in [4.69, 9.17) is 4.74 Å². The van der Waals surface area contributed by atoms with Crippen LogP contribution in [0.5, 0.6) is 0 Å². The Morgan fingerprint density at radius 1 is 1.69 bits per heavy atom. The summed E-state index contributed by atoms with van der Waals surface area (Å²) >= 11 is 4.18. The predicted molar refractivity (Wildman–Crippen MR) is 64.1 cm³/mol. The van der Waals surface area contributed by atoms with Crippen LogP contribution in [0.15, 0.2) is 11.8 Å². The van der Waals surface area contributed by atoms with Gasteiger partial charge in [-0.05, 0) is 25.5 Å². The fraction of sp³-hybridized carbons (Fsp3) is 0.636. The van der Waals surface area contributed by atoms with E-state index in [1.54, 1.807) is 18.7 Å². The molecular weight excluding hydrogens is 226 g/mol. The first kappa shape index (κ1) is 13.1. The normalized spacial score (nSPS) is 21.4. The topological polar surface area (TPSA) is 46.6 Å². The molecule has 1 fully saturated rings. The second-order valence-corrected chi connectivity index (χ2v) is 4.16. The molecule has 0 aromatic carbocycles. The van der Waals surface area contributed by atoms with Crippen LogP contribution in [0.25, 0.3) is 0 Å². The number of amides is 1.